The van der Waals surface area contributed by atoms with Crippen LogP contribution >= 0.6 is 0 Å². The predicted octanol–water partition coefficient (Wildman–Crippen LogP) is 0.125. The molecule has 0 aliphatic carbocycles. The number of rotatable bonds is 7. The van der Waals surface area contributed by atoms with Gasteiger partial charge in [0.15, 0.2) is 0 Å². The molecule has 1 aliphatic heterocycles. The lowest BCUT2D eigenvalue weighted by atomic mass is 10.3. The first-order valence-corrected chi connectivity index (χ1v) is 9.40. The van der Waals surface area contributed by atoms with Gasteiger partial charge in [-0.05, 0) is 6.92 Å². The third kappa shape index (κ3) is 6.19. The van der Waals surface area contributed by atoms with Gasteiger partial charge in [0.1, 0.15) is 0 Å². The maximum Gasteiger partial charge on any atom is 0.409 e. The molecule has 0 spiro atoms. The van der Waals surface area contributed by atoms with E-state index in [1.165, 1.54) is 10.4 Å². The minimum absolute atomic E-state index is 0.111. The van der Waals surface area contributed by atoms with Crippen LogP contribution in [-0.2, 0) is 19.6 Å². The standard InChI is InChI=1S/C14H25N3O5S/c1-4-7-17(23(3,20)21)8-6-13(18)15-9-11-16(12-10-15)14(19)22-5-2/h4H,1,5-12H2,2-3H3. The molecule has 1 fully saturated rings. The van der Waals surface area contributed by atoms with E-state index in [-0.39, 0.29) is 31.5 Å². The highest BCUT2D eigenvalue weighted by molar-refractivity contribution is 7.88. The van der Waals surface area contributed by atoms with Crippen LogP contribution in [0.3, 0.4) is 0 Å². The highest BCUT2D eigenvalue weighted by Gasteiger charge is 2.25. The largest absolute Gasteiger partial charge is 0.450 e. The first-order valence-electron chi connectivity index (χ1n) is 7.55. The van der Waals surface area contributed by atoms with E-state index in [1.807, 2.05) is 0 Å². The Labute approximate surface area is 137 Å². The second-order valence-corrected chi connectivity index (χ2v) is 7.21. The quantitative estimate of drug-likeness (QED) is 0.611. The Morgan fingerprint density at radius 1 is 1.22 bits per heavy atom. The molecular formula is C14H25N3O5S. The molecule has 0 aromatic carbocycles. The molecule has 2 amide bonds. The van der Waals surface area contributed by atoms with Crippen molar-refractivity contribution in [2.45, 2.75) is 13.3 Å². The smallest absolute Gasteiger partial charge is 0.409 e. The Bertz CT molecular complexity index is 527. The summed E-state index contributed by atoms with van der Waals surface area (Å²) in [7, 11) is -3.36. The molecule has 23 heavy (non-hydrogen) atoms. The summed E-state index contributed by atoms with van der Waals surface area (Å²) in [6.07, 6.45) is 2.34. The minimum atomic E-state index is -3.36. The molecule has 0 unspecified atom stereocenters. The van der Waals surface area contributed by atoms with Gasteiger partial charge < -0.3 is 14.5 Å². The van der Waals surface area contributed by atoms with Gasteiger partial charge in [-0.25, -0.2) is 13.2 Å². The second kappa shape index (κ2) is 8.88. The molecule has 0 bridgehead atoms. The Kier molecular flexibility index (Phi) is 7.50. The summed E-state index contributed by atoms with van der Waals surface area (Å²) < 4.78 is 29.3. The average molecular weight is 347 g/mol. The Hall–Kier alpha value is -1.61. The number of hydrogen-bond donors (Lipinski definition) is 0. The third-order valence-corrected chi connectivity index (χ3v) is 4.80. The summed E-state index contributed by atoms with van der Waals surface area (Å²) >= 11 is 0. The van der Waals surface area contributed by atoms with E-state index in [0.717, 1.165) is 6.26 Å². The Balaban J connectivity index is 2.45. The number of hydrogen-bond acceptors (Lipinski definition) is 5. The molecule has 0 saturated carbocycles. The fourth-order valence-electron chi connectivity index (χ4n) is 2.27. The molecule has 1 saturated heterocycles. The van der Waals surface area contributed by atoms with Crippen LogP contribution in [0.4, 0.5) is 4.79 Å². The fraction of sp³-hybridized carbons (Fsp3) is 0.714. The van der Waals surface area contributed by atoms with E-state index >= 15 is 0 Å². The van der Waals surface area contributed by atoms with Crippen LogP contribution in [0.5, 0.6) is 0 Å². The lowest BCUT2D eigenvalue weighted by Gasteiger charge is -2.34. The summed E-state index contributed by atoms with van der Waals surface area (Å²) in [6.45, 7) is 7.60. The Morgan fingerprint density at radius 3 is 2.26 bits per heavy atom. The lowest BCUT2D eigenvalue weighted by Crippen LogP contribution is -2.51. The number of piperazine rings is 1. The highest BCUT2D eigenvalue weighted by Crippen LogP contribution is 2.07. The number of carbonyl (C=O) groups excluding carboxylic acids is 2. The molecule has 0 radical (unpaired) electrons. The van der Waals surface area contributed by atoms with Crippen LogP contribution in [0.1, 0.15) is 13.3 Å². The van der Waals surface area contributed by atoms with Crippen LogP contribution in [0.25, 0.3) is 0 Å². The van der Waals surface area contributed by atoms with Gasteiger partial charge in [-0.2, -0.15) is 4.31 Å². The molecule has 9 heteroatoms. The first kappa shape index (κ1) is 19.4. The van der Waals surface area contributed by atoms with Crippen molar-refractivity contribution in [3.05, 3.63) is 12.7 Å². The number of sulfonamides is 1. The normalized spacial score (nSPS) is 15.6. The Morgan fingerprint density at radius 2 is 1.78 bits per heavy atom. The summed E-state index contributed by atoms with van der Waals surface area (Å²) in [5.74, 6) is -0.119. The molecule has 0 aromatic rings. The van der Waals surface area contributed by atoms with Gasteiger partial charge in [0.05, 0.1) is 12.9 Å². The maximum absolute atomic E-state index is 12.2. The minimum Gasteiger partial charge on any atom is -0.450 e. The number of nitrogens with zero attached hydrogens (tertiary/aromatic N) is 3. The van der Waals surface area contributed by atoms with E-state index in [0.29, 0.717) is 32.8 Å². The van der Waals surface area contributed by atoms with Gasteiger partial charge in [-0.3, -0.25) is 4.79 Å². The van der Waals surface area contributed by atoms with Gasteiger partial charge in [-0.15, -0.1) is 6.58 Å². The number of carbonyl (C=O) groups is 2. The van der Waals surface area contributed by atoms with Crippen LogP contribution in [0.2, 0.25) is 0 Å². The highest BCUT2D eigenvalue weighted by atomic mass is 32.2. The maximum atomic E-state index is 12.2. The van der Waals surface area contributed by atoms with E-state index < -0.39 is 10.0 Å². The van der Waals surface area contributed by atoms with Crippen molar-refractivity contribution in [2.24, 2.45) is 0 Å². The van der Waals surface area contributed by atoms with Gasteiger partial charge in [0.2, 0.25) is 15.9 Å². The molecule has 1 heterocycles. The molecular weight excluding hydrogens is 322 g/mol. The van der Waals surface area contributed by atoms with E-state index in [2.05, 4.69) is 6.58 Å². The van der Waals surface area contributed by atoms with E-state index in [1.54, 1.807) is 16.7 Å². The summed E-state index contributed by atoms with van der Waals surface area (Å²) in [4.78, 5) is 27.0. The zero-order valence-electron chi connectivity index (χ0n) is 13.7. The SMILES string of the molecule is C=CCN(CCC(=O)N1CCN(C(=O)OCC)CC1)S(C)(=O)=O. The van der Waals surface area contributed by atoms with Crippen molar-refractivity contribution in [3.8, 4) is 0 Å². The second-order valence-electron chi connectivity index (χ2n) is 5.23. The first-order chi connectivity index (χ1) is 10.8. The monoisotopic (exact) mass is 347 g/mol. The van der Waals surface area contributed by atoms with Gasteiger partial charge >= 0.3 is 6.09 Å². The predicted molar refractivity (Wildman–Crippen MR) is 86.4 cm³/mol. The van der Waals surface area contributed by atoms with Crippen molar-refractivity contribution in [2.75, 3.05) is 52.1 Å². The van der Waals surface area contributed by atoms with Crippen molar-refractivity contribution in [1.29, 1.82) is 0 Å². The van der Waals surface area contributed by atoms with Crippen LogP contribution < -0.4 is 0 Å². The summed E-state index contributed by atoms with van der Waals surface area (Å²) in [6, 6.07) is 0. The zero-order valence-corrected chi connectivity index (χ0v) is 14.5. The van der Waals surface area contributed by atoms with E-state index in [9.17, 15) is 18.0 Å². The zero-order chi connectivity index (χ0) is 17.5. The van der Waals surface area contributed by atoms with Crippen LogP contribution in [0, 0.1) is 0 Å². The topological polar surface area (TPSA) is 87.2 Å². The molecule has 0 N–H and O–H groups in total. The van der Waals surface area contributed by atoms with E-state index in [4.69, 9.17) is 4.74 Å². The van der Waals surface area contributed by atoms with Crippen molar-refractivity contribution >= 4 is 22.0 Å². The number of ether oxygens (including phenoxy) is 1. The average Bonchev–Trinajstić information content (AvgIpc) is 2.50. The fourth-order valence-corrected chi connectivity index (χ4v) is 3.07. The van der Waals surface area contributed by atoms with Crippen molar-refractivity contribution in [3.63, 3.8) is 0 Å². The summed E-state index contributed by atoms with van der Waals surface area (Å²) in [5.41, 5.74) is 0. The van der Waals surface area contributed by atoms with Gasteiger partial charge in [0, 0.05) is 45.7 Å². The molecule has 1 rings (SSSR count). The molecule has 8 nitrogen and oxygen atoms in total. The third-order valence-electron chi connectivity index (χ3n) is 3.54. The summed E-state index contributed by atoms with van der Waals surface area (Å²) in [5, 5.41) is 0. The van der Waals surface area contributed by atoms with Crippen molar-refractivity contribution in [1.82, 2.24) is 14.1 Å². The molecule has 1 aliphatic rings. The molecule has 132 valence electrons. The van der Waals surface area contributed by atoms with Gasteiger partial charge in [0.25, 0.3) is 0 Å². The lowest BCUT2D eigenvalue weighted by molar-refractivity contribution is -0.132. The van der Waals surface area contributed by atoms with Crippen molar-refractivity contribution < 1.29 is 22.7 Å². The molecule has 0 aromatic heterocycles. The van der Waals surface area contributed by atoms with Gasteiger partial charge in [-0.1, -0.05) is 6.08 Å². The molecule has 0 atom stereocenters. The van der Waals surface area contributed by atoms with Crippen LogP contribution in [-0.4, -0.2) is 86.7 Å². The number of amides is 2. The van der Waals surface area contributed by atoms with Crippen LogP contribution in [0.15, 0.2) is 12.7 Å².